The van der Waals surface area contributed by atoms with Crippen LogP contribution in [0.25, 0.3) is 0 Å². The Labute approximate surface area is 93.4 Å². The normalized spacial score (nSPS) is 11.8. The number of nitrogens with zero attached hydrogens (tertiary/aromatic N) is 1. The summed E-state index contributed by atoms with van der Waals surface area (Å²) in [6.07, 6.45) is 0. The van der Waals surface area contributed by atoms with Crippen molar-refractivity contribution in [2.45, 2.75) is 58.2 Å². The Morgan fingerprint density at radius 2 is 1.33 bits per heavy atom. The van der Waals surface area contributed by atoms with Gasteiger partial charge >= 0.3 is 0 Å². The van der Waals surface area contributed by atoms with E-state index < -0.39 is 13.0 Å². The van der Waals surface area contributed by atoms with Crippen molar-refractivity contribution in [2.75, 3.05) is 0 Å². The van der Waals surface area contributed by atoms with Gasteiger partial charge in [-0.25, -0.2) is 10.1 Å². The Morgan fingerprint density at radius 1 is 1.00 bits per heavy atom. The molecule has 3 nitrogen and oxygen atoms in total. The first kappa shape index (κ1) is 14.2. The van der Waals surface area contributed by atoms with Gasteiger partial charge in [-0.3, -0.25) is 0 Å². The Bertz CT molecular complexity index is 265. The molecule has 0 bridgehead atoms. The fourth-order valence-electron chi connectivity index (χ4n) is 2.58. The monoisotopic (exact) mass is 227 g/mol. The minimum atomic E-state index is -1.89. The number of hydrogen-bond acceptors (Lipinski definition) is 2. The van der Waals surface area contributed by atoms with Gasteiger partial charge in [0.1, 0.15) is 4.92 Å². The molecule has 15 heavy (non-hydrogen) atoms. The lowest BCUT2D eigenvalue weighted by Crippen LogP contribution is -2.43. The summed E-state index contributed by atoms with van der Waals surface area (Å²) < 4.78 is 0. The third-order valence-corrected chi connectivity index (χ3v) is 9.51. The fraction of sp³-hybridized carbons (Fsp3) is 0.818. The highest BCUT2D eigenvalue weighted by Crippen LogP contribution is 2.40. The van der Waals surface area contributed by atoms with E-state index in [1.54, 1.807) is 0 Å². The molecule has 0 fully saturated rings. The van der Waals surface area contributed by atoms with Gasteiger partial charge in [0.2, 0.25) is 0 Å². The quantitative estimate of drug-likeness (QED) is 0.244. The van der Waals surface area contributed by atoms with Crippen molar-refractivity contribution >= 4 is 8.07 Å². The molecule has 0 aliphatic rings. The van der Waals surface area contributed by atoms with E-state index in [4.69, 9.17) is 0 Å². The average Bonchev–Trinajstić information content (AvgIpc) is 2.02. The average molecular weight is 227 g/mol. The van der Waals surface area contributed by atoms with E-state index in [0.29, 0.717) is 16.6 Å². The second-order valence-corrected chi connectivity index (χ2v) is 10.5. The molecule has 0 aliphatic carbocycles. The van der Waals surface area contributed by atoms with Crippen molar-refractivity contribution in [1.29, 1.82) is 0 Å². The molecule has 0 aromatic rings. The third kappa shape index (κ3) is 3.06. The van der Waals surface area contributed by atoms with Crippen LogP contribution in [0.15, 0.2) is 0 Å². The predicted molar refractivity (Wildman–Crippen MR) is 65.8 cm³/mol. The lowest BCUT2D eigenvalue weighted by Gasteiger charge is -2.37. The molecule has 86 valence electrons. The van der Waals surface area contributed by atoms with Gasteiger partial charge in [-0.1, -0.05) is 47.1 Å². The molecule has 0 radical (unpaired) electrons. The van der Waals surface area contributed by atoms with Gasteiger partial charge in [0.15, 0.2) is 8.07 Å². The topological polar surface area (TPSA) is 43.1 Å². The first-order valence-corrected chi connectivity index (χ1v) is 7.65. The van der Waals surface area contributed by atoms with Crippen LogP contribution in [0.3, 0.4) is 0 Å². The summed E-state index contributed by atoms with van der Waals surface area (Å²) in [5.41, 5.74) is 4.37. The summed E-state index contributed by atoms with van der Waals surface area (Å²) in [7, 11) is -1.89. The van der Waals surface area contributed by atoms with E-state index >= 15 is 0 Å². The maximum Gasteiger partial charge on any atom is 0.283 e. The van der Waals surface area contributed by atoms with Crippen LogP contribution in [-0.4, -0.2) is 13.0 Å². The molecule has 4 heteroatoms. The van der Waals surface area contributed by atoms with Gasteiger partial charge in [-0.05, 0) is 16.6 Å². The fourth-order valence-corrected chi connectivity index (χ4v) is 7.73. The standard InChI is InChI=1S/C11H21NO2Si/c1-9(2)15(10(3)4,11(5)6)8-7-12(13)14/h9-11H,1-6H3. The molecule has 0 saturated carbocycles. The van der Waals surface area contributed by atoms with Crippen molar-refractivity contribution in [2.24, 2.45) is 0 Å². The van der Waals surface area contributed by atoms with E-state index in [2.05, 4.69) is 53.1 Å². The molecule has 0 aromatic heterocycles. The number of rotatable bonds is 3. The van der Waals surface area contributed by atoms with Gasteiger partial charge < -0.3 is 0 Å². The Hall–Kier alpha value is -0.823. The molecule has 0 atom stereocenters. The molecule has 0 amide bonds. The van der Waals surface area contributed by atoms with Crippen molar-refractivity contribution in [3.63, 3.8) is 0 Å². The van der Waals surface area contributed by atoms with Crippen LogP contribution in [0.5, 0.6) is 0 Å². The maximum absolute atomic E-state index is 10.4. The van der Waals surface area contributed by atoms with E-state index in [0.717, 1.165) is 0 Å². The third-order valence-electron chi connectivity index (χ3n) is 3.23. The van der Waals surface area contributed by atoms with Gasteiger partial charge in [-0.15, -0.1) is 0 Å². The van der Waals surface area contributed by atoms with Crippen LogP contribution in [-0.2, 0) is 0 Å². The molecule has 0 aliphatic heterocycles. The van der Waals surface area contributed by atoms with Crippen LogP contribution in [0.2, 0.25) is 16.6 Å². The zero-order valence-electron chi connectivity index (χ0n) is 10.5. The summed E-state index contributed by atoms with van der Waals surface area (Å²) >= 11 is 0. The predicted octanol–water partition coefficient (Wildman–Crippen LogP) is 3.44. The molecule has 0 heterocycles. The largest absolute Gasteiger partial charge is 0.283 e. The minimum Gasteiger partial charge on any atom is -0.249 e. The molecule has 0 spiro atoms. The van der Waals surface area contributed by atoms with Gasteiger partial charge in [0.05, 0.1) is 0 Å². The zero-order valence-corrected chi connectivity index (χ0v) is 11.5. The van der Waals surface area contributed by atoms with Crippen LogP contribution in [0.1, 0.15) is 41.5 Å². The number of nitro groups is 1. The summed E-state index contributed by atoms with van der Waals surface area (Å²) in [5, 5.41) is 10.4. The summed E-state index contributed by atoms with van der Waals surface area (Å²) in [4.78, 5) is 9.85. The Balaban J connectivity index is 5.37. The van der Waals surface area contributed by atoms with Crippen molar-refractivity contribution in [3.05, 3.63) is 10.1 Å². The smallest absolute Gasteiger partial charge is 0.249 e. The highest BCUT2D eigenvalue weighted by atomic mass is 28.3. The van der Waals surface area contributed by atoms with E-state index in [1.165, 1.54) is 0 Å². The first-order valence-electron chi connectivity index (χ1n) is 5.42. The molecule has 0 rings (SSSR count). The van der Waals surface area contributed by atoms with Crippen LogP contribution >= 0.6 is 0 Å². The molecule has 0 saturated heterocycles. The van der Waals surface area contributed by atoms with E-state index in [-0.39, 0.29) is 0 Å². The summed E-state index contributed by atoms with van der Waals surface area (Å²) in [6, 6.07) is 2.16. The maximum atomic E-state index is 10.4. The van der Waals surface area contributed by atoms with Gasteiger partial charge in [0, 0.05) is 0 Å². The second-order valence-electron chi connectivity index (χ2n) is 4.89. The van der Waals surface area contributed by atoms with Gasteiger partial charge in [-0.2, -0.15) is 0 Å². The SMILES string of the molecule is CC(C)[Si](C#C[N+](=O)[O-])(C(C)C)C(C)C. The van der Waals surface area contributed by atoms with Crippen molar-refractivity contribution in [1.82, 2.24) is 0 Å². The molecular weight excluding hydrogens is 206 g/mol. The lowest BCUT2D eigenvalue weighted by molar-refractivity contribution is -0.379. The van der Waals surface area contributed by atoms with Gasteiger partial charge in [0.25, 0.3) is 6.04 Å². The van der Waals surface area contributed by atoms with Crippen molar-refractivity contribution in [3.8, 4) is 11.6 Å². The second kappa shape index (κ2) is 5.31. The van der Waals surface area contributed by atoms with Crippen LogP contribution in [0, 0.1) is 21.7 Å². The lowest BCUT2D eigenvalue weighted by atomic mass is 10.5. The number of hydrogen-bond donors (Lipinski definition) is 0. The summed E-state index contributed by atoms with van der Waals surface area (Å²) in [5.74, 6) is 0. The Morgan fingerprint density at radius 3 is 1.53 bits per heavy atom. The van der Waals surface area contributed by atoms with E-state index in [9.17, 15) is 10.1 Å². The highest BCUT2D eigenvalue weighted by Gasteiger charge is 2.42. The Kier molecular flexibility index (Phi) is 5.02. The van der Waals surface area contributed by atoms with Crippen molar-refractivity contribution < 1.29 is 4.92 Å². The van der Waals surface area contributed by atoms with Crippen LogP contribution < -0.4 is 0 Å². The highest BCUT2D eigenvalue weighted by molar-refractivity contribution is 6.90. The van der Waals surface area contributed by atoms with E-state index in [1.807, 2.05) is 0 Å². The molecule has 0 N–H and O–H groups in total. The molecule has 0 unspecified atom stereocenters. The van der Waals surface area contributed by atoms with Crippen LogP contribution in [0.4, 0.5) is 0 Å². The molecule has 0 aromatic carbocycles. The minimum absolute atomic E-state index is 0.449. The molecular formula is C11H21NO2Si. The summed E-state index contributed by atoms with van der Waals surface area (Å²) in [6.45, 7) is 12.8. The zero-order chi connectivity index (χ0) is 12.2. The first-order chi connectivity index (χ1) is 6.75.